The molecule has 0 spiro atoms. The fraction of sp³-hybridized carbons (Fsp3) is 0.625. The van der Waals surface area contributed by atoms with E-state index in [2.05, 4.69) is 12.2 Å². The van der Waals surface area contributed by atoms with E-state index >= 15 is 0 Å². The first-order chi connectivity index (χ1) is 9.66. The van der Waals surface area contributed by atoms with Crippen LogP contribution in [0, 0.1) is 16.0 Å². The summed E-state index contributed by atoms with van der Waals surface area (Å²) < 4.78 is 0. The van der Waals surface area contributed by atoms with Gasteiger partial charge in [0.2, 0.25) is 0 Å². The summed E-state index contributed by atoms with van der Waals surface area (Å²) >= 11 is 0. The lowest BCUT2D eigenvalue weighted by Crippen LogP contribution is -2.35. The van der Waals surface area contributed by atoms with Gasteiger partial charge in [0.05, 0.1) is 4.92 Å². The van der Waals surface area contributed by atoms with E-state index in [1.165, 1.54) is 32.1 Å². The molecule has 1 N–H and O–H groups in total. The van der Waals surface area contributed by atoms with Crippen molar-refractivity contribution in [2.75, 3.05) is 6.54 Å². The highest BCUT2D eigenvalue weighted by atomic mass is 16.6. The van der Waals surface area contributed by atoms with Crippen molar-refractivity contribution in [3.05, 3.63) is 39.9 Å². The average Bonchev–Trinajstić information content (AvgIpc) is 2.65. The van der Waals surface area contributed by atoms with E-state index < -0.39 is 0 Å². The van der Waals surface area contributed by atoms with Crippen LogP contribution in [0.3, 0.4) is 0 Å². The van der Waals surface area contributed by atoms with Crippen molar-refractivity contribution in [1.82, 2.24) is 5.32 Å². The molecule has 20 heavy (non-hydrogen) atoms. The summed E-state index contributed by atoms with van der Waals surface area (Å²) in [5.41, 5.74) is 1.32. The molecule has 0 aliphatic heterocycles. The summed E-state index contributed by atoms with van der Waals surface area (Å²) in [6.45, 7) is 3.29. The molecule has 0 saturated heterocycles. The number of benzene rings is 1. The monoisotopic (exact) mass is 276 g/mol. The van der Waals surface area contributed by atoms with Crippen LogP contribution in [-0.2, 0) is 6.42 Å². The fourth-order valence-corrected chi connectivity index (χ4v) is 2.98. The molecule has 4 nitrogen and oxygen atoms in total. The van der Waals surface area contributed by atoms with Gasteiger partial charge in [0.25, 0.3) is 5.69 Å². The van der Waals surface area contributed by atoms with Crippen LogP contribution >= 0.6 is 0 Å². The zero-order chi connectivity index (χ0) is 14.4. The first kappa shape index (κ1) is 15.0. The smallest absolute Gasteiger partial charge is 0.269 e. The van der Waals surface area contributed by atoms with Crippen LogP contribution in [0.2, 0.25) is 0 Å². The maximum absolute atomic E-state index is 10.6. The zero-order valence-electron chi connectivity index (χ0n) is 12.2. The van der Waals surface area contributed by atoms with Crippen LogP contribution in [0.1, 0.15) is 44.6 Å². The molecule has 2 rings (SSSR count). The van der Waals surface area contributed by atoms with E-state index in [0.717, 1.165) is 24.4 Å². The van der Waals surface area contributed by atoms with E-state index in [0.29, 0.717) is 6.04 Å². The summed E-state index contributed by atoms with van der Waals surface area (Å²) in [4.78, 5) is 10.2. The molecular formula is C16H24N2O2. The van der Waals surface area contributed by atoms with E-state index in [4.69, 9.17) is 0 Å². The van der Waals surface area contributed by atoms with Gasteiger partial charge in [-0.15, -0.1) is 0 Å². The number of nitro groups is 1. The van der Waals surface area contributed by atoms with Crippen molar-refractivity contribution < 1.29 is 4.92 Å². The highest BCUT2D eigenvalue weighted by Gasteiger charge is 2.18. The van der Waals surface area contributed by atoms with Crippen LogP contribution in [0.5, 0.6) is 0 Å². The SMILES string of the molecule is CC1CCCCCC1NCCc1ccc([N+](=O)[O-])cc1. The second kappa shape index (κ2) is 7.39. The Balaban J connectivity index is 1.78. The minimum Gasteiger partial charge on any atom is -0.313 e. The third-order valence-corrected chi connectivity index (χ3v) is 4.33. The predicted molar refractivity (Wildman–Crippen MR) is 80.8 cm³/mol. The van der Waals surface area contributed by atoms with Crippen molar-refractivity contribution in [1.29, 1.82) is 0 Å². The maximum Gasteiger partial charge on any atom is 0.269 e. The maximum atomic E-state index is 10.6. The van der Waals surface area contributed by atoms with Crippen LogP contribution in [-0.4, -0.2) is 17.5 Å². The van der Waals surface area contributed by atoms with Gasteiger partial charge >= 0.3 is 0 Å². The van der Waals surface area contributed by atoms with E-state index in [9.17, 15) is 10.1 Å². The predicted octanol–water partition coefficient (Wildman–Crippen LogP) is 3.70. The lowest BCUT2D eigenvalue weighted by Gasteiger charge is -2.22. The van der Waals surface area contributed by atoms with E-state index in [1.807, 2.05) is 12.1 Å². The molecule has 0 radical (unpaired) electrons. The quantitative estimate of drug-likeness (QED) is 0.507. The molecule has 1 fully saturated rings. The summed E-state index contributed by atoms with van der Waals surface area (Å²) in [6, 6.07) is 7.52. The van der Waals surface area contributed by atoms with Crippen molar-refractivity contribution in [2.45, 2.75) is 51.5 Å². The number of nitrogens with zero attached hydrogens (tertiary/aromatic N) is 1. The Bertz CT molecular complexity index is 431. The summed E-state index contributed by atoms with van der Waals surface area (Å²) in [6.07, 6.45) is 7.60. The minimum absolute atomic E-state index is 0.166. The van der Waals surface area contributed by atoms with Gasteiger partial charge in [-0.2, -0.15) is 0 Å². The first-order valence-corrected chi connectivity index (χ1v) is 7.63. The molecule has 1 aromatic rings. The van der Waals surface area contributed by atoms with E-state index in [1.54, 1.807) is 12.1 Å². The third-order valence-electron chi connectivity index (χ3n) is 4.33. The lowest BCUT2D eigenvalue weighted by molar-refractivity contribution is -0.384. The molecular weight excluding hydrogens is 252 g/mol. The molecule has 1 aromatic carbocycles. The number of rotatable bonds is 5. The van der Waals surface area contributed by atoms with Gasteiger partial charge < -0.3 is 5.32 Å². The van der Waals surface area contributed by atoms with Gasteiger partial charge in [-0.1, -0.05) is 38.3 Å². The molecule has 0 bridgehead atoms. The molecule has 2 unspecified atom stereocenters. The molecule has 4 heteroatoms. The van der Waals surface area contributed by atoms with Gasteiger partial charge in [0.15, 0.2) is 0 Å². The zero-order valence-corrected chi connectivity index (χ0v) is 12.2. The average molecular weight is 276 g/mol. The summed E-state index contributed by atoms with van der Waals surface area (Å²) in [5.74, 6) is 0.759. The largest absolute Gasteiger partial charge is 0.313 e. The number of hydrogen-bond donors (Lipinski definition) is 1. The van der Waals surface area contributed by atoms with Crippen molar-refractivity contribution in [3.63, 3.8) is 0 Å². The van der Waals surface area contributed by atoms with Gasteiger partial charge in [0.1, 0.15) is 0 Å². The number of non-ortho nitro benzene ring substituents is 1. The standard InChI is InChI=1S/C16H24N2O2/c1-13-5-3-2-4-6-16(13)17-12-11-14-7-9-15(10-8-14)18(19)20/h7-10,13,16-17H,2-6,11-12H2,1H3. The molecule has 1 aliphatic carbocycles. The molecule has 1 aliphatic rings. The van der Waals surface area contributed by atoms with Crippen molar-refractivity contribution >= 4 is 5.69 Å². The molecule has 0 heterocycles. The second-order valence-corrected chi connectivity index (χ2v) is 5.85. The van der Waals surface area contributed by atoms with Crippen LogP contribution in [0.15, 0.2) is 24.3 Å². The Hall–Kier alpha value is -1.42. The molecule has 2 atom stereocenters. The Labute approximate surface area is 120 Å². The van der Waals surface area contributed by atoms with Crippen LogP contribution < -0.4 is 5.32 Å². The lowest BCUT2D eigenvalue weighted by atomic mass is 9.97. The highest BCUT2D eigenvalue weighted by Crippen LogP contribution is 2.22. The second-order valence-electron chi connectivity index (χ2n) is 5.85. The van der Waals surface area contributed by atoms with Crippen LogP contribution in [0.4, 0.5) is 5.69 Å². The molecule has 110 valence electrons. The van der Waals surface area contributed by atoms with Gasteiger partial charge in [0, 0.05) is 18.2 Å². The highest BCUT2D eigenvalue weighted by molar-refractivity contribution is 5.32. The Kier molecular flexibility index (Phi) is 5.53. The fourth-order valence-electron chi connectivity index (χ4n) is 2.98. The molecule has 0 aromatic heterocycles. The Morgan fingerprint density at radius 1 is 1.20 bits per heavy atom. The van der Waals surface area contributed by atoms with Gasteiger partial charge in [-0.3, -0.25) is 10.1 Å². The van der Waals surface area contributed by atoms with Crippen molar-refractivity contribution in [3.8, 4) is 0 Å². The summed E-state index contributed by atoms with van der Waals surface area (Å²) in [5, 5.41) is 14.3. The van der Waals surface area contributed by atoms with Gasteiger partial charge in [-0.05, 0) is 37.3 Å². The Morgan fingerprint density at radius 2 is 1.90 bits per heavy atom. The number of nitrogens with one attached hydrogen (secondary N) is 1. The van der Waals surface area contributed by atoms with Crippen LogP contribution in [0.25, 0.3) is 0 Å². The van der Waals surface area contributed by atoms with Crippen molar-refractivity contribution in [2.24, 2.45) is 5.92 Å². The molecule has 1 saturated carbocycles. The summed E-state index contributed by atoms with van der Waals surface area (Å²) in [7, 11) is 0. The number of hydrogen-bond acceptors (Lipinski definition) is 3. The van der Waals surface area contributed by atoms with Gasteiger partial charge in [-0.25, -0.2) is 0 Å². The first-order valence-electron chi connectivity index (χ1n) is 7.63. The van der Waals surface area contributed by atoms with E-state index in [-0.39, 0.29) is 10.6 Å². The molecule has 0 amide bonds. The minimum atomic E-state index is -0.352. The Morgan fingerprint density at radius 3 is 2.60 bits per heavy atom. The number of nitro benzene ring substituents is 1. The normalized spacial score (nSPS) is 23.2. The third kappa shape index (κ3) is 4.30. The topological polar surface area (TPSA) is 55.2 Å².